The summed E-state index contributed by atoms with van der Waals surface area (Å²) in [4.78, 5) is 10.8. The van der Waals surface area contributed by atoms with Crippen LogP contribution in [0.1, 0.15) is 6.92 Å². The van der Waals surface area contributed by atoms with Gasteiger partial charge < -0.3 is 20.1 Å². The van der Waals surface area contributed by atoms with Gasteiger partial charge in [0.1, 0.15) is 11.9 Å². The lowest BCUT2D eigenvalue weighted by Gasteiger charge is -2.14. The standard InChI is InChI=1S/C7H10O5/c1-3-5(10)6(4(9)2-8)12-7(3)11/h4,6,8-10H,2H2,1H3. The minimum atomic E-state index is -1.26. The van der Waals surface area contributed by atoms with E-state index in [-0.39, 0.29) is 11.3 Å². The summed E-state index contributed by atoms with van der Waals surface area (Å²) in [6, 6.07) is 0. The Bertz CT molecular complexity index is 232. The number of hydrogen-bond acceptors (Lipinski definition) is 5. The summed E-state index contributed by atoms with van der Waals surface area (Å²) in [6.07, 6.45) is -2.37. The first-order chi connectivity index (χ1) is 5.57. The Labute approximate surface area is 68.9 Å². The molecule has 0 fully saturated rings. The number of esters is 1. The van der Waals surface area contributed by atoms with E-state index in [1.807, 2.05) is 0 Å². The van der Waals surface area contributed by atoms with Crippen molar-refractivity contribution < 1.29 is 24.9 Å². The zero-order valence-electron chi connectivity index (χ0n) is 6.52. The number of aliphatic hydroxyl groups is 3. The lowest BCUT2D eigenvalue weighted by Crippen LogP contribution is -2.31. The molecule has 0 aromatic carbocycles. The molecule has 0 bridgehead atoms. The highest BCUT2D eigenvalue weighted by Crippen LogP contribution is 2.22. The summed E-state index contributed by atoms with van der Waals surface area (Å²) in [7, 11) is 0. The summed E-state index contributed by atoms with van der Waals surface area (Å²) in [5.74, 6) is -0.966. The van der Waals surface area contributed by atoms with Crippen LogP contribution in [0.25, 0.3) is 0 Å². The Morgan fingerprint density at radius 1 is 1.67 bits per heavy atom. The Morgan fingerprint density at radius 2 is 2.25 bits per heavy atom. The van der Waals surface area contributed by atoms with Crippen LogP contribution in [-0.4, -0.2) is 40.1 Å². The fourth-order valence-electron chi connectivity index (χ4n) is 0.934. The normalized spacial score (nSPS) is 25.9. The molecule has 0 amide bonds. The third-order valence-corrected chi connectivity index (χ3v) is 1.73. The van der Waals surface area contributed by atoms with Crippen LogP contribution in [0.2, 0.25) is 0 Å². The zero-order chi connectivity index (χ0) is 9.30. The van der Waals surface area contributed by atoms with E-state index in [0.29, 0.717) is 0 Å². The first kappa shape index (κ1) is 9.02. The Morgan fingerprint density at radius 3 is 2.58 bits per heavy atom. The summed E-state index contributed by atoms with van der Waals surface area (Å²) >= 11 is 0. The van der Waals surface area contributed by atoms with Crippen molar-refractivity contribution in [2.24, 2.45) is 0 Å². The second-order valence-electron chi connectivity index (χ2n) is 2.59. The van der Waals surface area contributed by atoms with Crippen LogP contribution < -0.4 is 0 Å². The monoisotopic (exact) mass is 174 g/mol. The van der Waals surface area contributed by atoms with E-state index in [1.165, 1.54) is 6.92 Å². The van der Waals surface area contributed by atoms with E-state index >= 15 is 0 Å². The fourth-order valence-corrected chi connectivity index (χ4v) is 0.934. The van der Waals surface area contributed by atoms with Gasteiger partial charge >= 0.3 is 5.97 Å². The molecular weight excluding hydrogens is 164 g/mol. The third kappa shape index (κ3) is 1.28. The van der Waals surface area contributed by atoms with Crippen molar-refractivity contribution >= 4 is 5.97 Å². The number of ether oxygens (including phenoxy) is 1. The topological polar surface area (TPSA) is 87.0 Å². The quantitative estimate of drug-likeness (QED) is 0.472. The molecule has 1 rings (SSSR count). The van der Waals surface area contributed by atoms with Crippen LogP contribution in [0.3, 0.4) is 0 Å². The minimum Gasteiger partial charge on any atom is -0.508 e. The van der Waals surface area contributed by atoms with Crippen molar-refractivity contribution in [2.75, 3.05) is 6.61 Å². The van der Waals surface area contributed by atoms with Crippen LogP contribution >= 0.6 is 0 Å². The molecule has 0 saturated carbocycles. The van der Waals surface area contributed by atoms with Gasteiger partial charge in [0.05, 0.1) is 12.2 Å². The fraction of sp³-hybridized carbons (Fsp3) is 0.571. The molecule has 2 atom stereocenters. The molecule has 0 aliphatic carbocycles. The summed E-state index contributed by atoms with van der Waals surface area (Å²) in [5.41, 5.74) is 0.0764. The van der Waals surface area contributed by atoms with Gasteiger partial charge in [0.2, 0.25) is 0 Å². The van der Waals surface area contributed by atoms with E-state index < -0.39 is 24.8 Å². The summed E-state index contributed by atoms with van der Waals surface area (Å²) in [6.45, 7) is 0.830. The Balaban J connectivity index is 2.80. The minimum absolute atomic E-state index is 0.0764. The van der Waals surface area contributed by atoms with Gasteiger partial charge in [-0.05, 0) is 6.92 Å². The van der Waals surface area contributed by atoms with Crippen molar-refractivity contribution in [1.82, 2.24) is 0 Å². The molecule has 0 aromatic heterocycles. The third-order valence-electron chi connectivity index (χ3n) is 1.73. The first-order valence-electron chi connectivity index (χ1n) is 3.47. The number of hydrogen-bond donors (Lipinski definition) is 3. The molecule has 5 nitrogen and oxygen atoms in total. The van der Waals surface area contributed by atoms with Crippen LogP contribution in [-0.2, 0) is 9.53 Å². The van der Waals surface area contributed by atoms with E-state index in [0.717, 1.165) is 0 Å². The largest absolute Gasteiger partial charge is 0.508 e. The maximum Gasteiger partial charge on any atom is 0.338 e. The number of carbonyl (C=O) groups excluding carboxylic acids is 1. The van der Waals surface area contributed by atoms with Crippen LogP contribution in [0, 0.1) is 0 Å². The van der Waals surface area contributed by atoms with E-state index in [1.54, 1.807) is 0 Å². The average Bonchev–Trinajstić information content (AvgIpc) is 2.32. The van der Waals surface area contributed by atoms with E-state index in [9.17, 15) is 9.90 Å². The molecule has 1 aliphatic heterocycles. The maximum absolute atomic E-state index is 10.8. The van der Waals surface area contributed by atoms with Crippen molar-refractivity contribution in [3.8, 4) is 0 Å². The van der Waals surface area contributed by atoms with E-state index in [2.05, 4.69) is 4.74 Å². The lowest BCUT2D eigenvalue weighted by atomic mass is 10.1. The number of cyclic esters (lactones) is 1. The van der Waals surface area contributed by atoms with Gasteiger partial charge in [-0.2, -0.15) is 0 Å². The molecule has 0 radical (unpaired) electrons. The predicted octanol–water partition coefficient (Wildman–Crippen LogP) is -0.903. The highest BCUT2D eigenvalue weighted by Gasteiger charge is 2.36. The zero-order valence-corrected chi connectivity index (χ0v) is 6.52. The maximum atomic E-state index is 10.8. The van der Waals surface area contributed by atoms with Crippen molar-refractivity contribution in [1.29, 1.82) is 0 Å². The van der Waals surface area contributed by atoms with Gasteiger partial charge in [-0.25, -0.2) is 4.79 Å². The van der Waals surface area contributed by atoms with Crippen molar-refractivity contribution in [2.45, 2.75) is 19.1 Å². The molecule has 0 spiro atoms. The second kappa shape index (κ2) is 3.12. The molecule has 1 heterocycles. The molecule has 3 N–H and O–H groups in total. The lowest BCUT2D eigenvalue weighted by molar-refractivity contribution is -0.145. The predicted molar refractivity (Wildman–Crippen MR) is 38.3 cm³/mol. The molecule has 12 heavy (non-hydrogen) atoms. The number of carbonyl (C=O) groups is 1. The van der Waals surface area contributed by atoms with Crippen molar-refractivity contribution in [3.05, 3.63) is 11.3 Å². The van der Waals surface area contributed by atoms with Gasteiger partial charge in [0.25, 0.3) is 0 Å². The van der Waals surface area contributed by atoms with Gasteiger partial charge in [0.15, 0.2) is 6.10 Å². The number of rotatable bonds is 2. The summed E-state index contributed by atoms with van der Waals surface area (Å²) < 4.78 is 4.57. The molecule has 0 aromatic rings. The van der Waals surface area contributed by atoms with Crippen LogP contribution in [0.15, 0.2) is 11.3 Å². The first-order valence-corrected chi connectivity index (χ1v) is 3.47. The molecule has 1 aliphatic rings. The average molecular weight is 174 g/mol. The highest BCUT2D eigenvalue weighted by atomic mass is 16.6. The van der Waals surface area contributed by atoms with Crippen LogP contribution in [0.4, 0.5) is 0 Å². The highest BCUT2D eigenvalue weighted by molar-refractivity contribution is 5.91. The smallest absolute Gasteiger partial charge is 0.338 e. The Kier molecular flexibility index (Phi) is 2.35. The Hall–Kier alpha value is -1.07. The van der Waals surface area contributed by atoms with Crippen molar-refractivity contribution in [3.63, 3.8) is 0 Å². The van der Waals surface area contributed by atoms with Gasteiger partial charge in [-0.15, -0.1) is 0 Å². The summed E-state index contributed by atoms with van der Waals surface area (Å²) in [5, 5.41) is 26.7. The second-order valence-corrected chi connectivity index (χ2v) is 2.59. The molecule has 68 valence electrons. The number of aliphatic hydroxyl groups excluding tert-OH is 3. The molecular formula is C7H10O5. The van der Waals surface area contributed by atoms with Gasteiger partial charge in [-0.1, -0.05) is 0 Å². The molecule has 2 unspecified atom stereocenters. The molecule has 5 heteroatoms. The molecule has 0 saturated heterocycles. The SMILES string of the molecule is CC1=C(O)C(C(O)CO)OC1=O. The van der Waals surface area contributed by atoms with E-state index in [4.69, 9.17) is 10.2 Å². The van der Waals surface area contributed by atoms with Gasteiger partial charge in [0, 0.05) is 0 Å². The van der Waals surface area contributed by atoms with Crippen LogP contribution in [0.5, 0.6) is 0 Å². The van der Waals surface area contributed by atoms with Gasteiger partial charge in [-0.3, -0.25) is 0 Å².